The van der Waals surface area contributed by atoms with Gasteiger partial charge in [0, 0.05) is 0 Å². The molecule has 0 spiro atoms. The highest BCUT2D eigenvalue weighted by Gasteiger charge is 1.98. The van der Waals surface area contributed by atoms with Crippen molar-refractivity contribution in [3.63, 3.8) is 0 Å². The average Bonchev–Trinajstić information content (AvgIpc) is 2.26. The van der Waals surface area contributed by atoms with E-state index in [4.69, 9.17) is 22.2 Å². The first-order valence-electron chi connectivity index (χ1n) is 4.59. The van der Waals surface area contributed by atoms with Crippen molar-refractivity contribution in [3.05, 3.63) is 34.9 Å². The largest absolute Gasteiger partial charge is 0.497 e. The minimum Gasteiger partial charge on any atom is -0.497 e. The van der Waals surface area contributed by atoms with Gasteiger partial charge in [-0.1, -0.05) is 23.8 Å². The number of nitrogens with two attached hydrogens (primary N) is 1. The Hall–Kier alpha value is -1.03. The summed E-state index contributed by atoms with van der Waals surface area (Å²) in [7, 11) is 1.61. The highest BCUT2D eigenvalue weighted by molar-refractivity contribution is 6.32. The van der Waals surface area contributed by atoms with E-state index in [1.54, 1.807) is 13.2 Å². The summed E-state index contributed by atoms with van der Waals surface area (Å²) < 4.78 is 5.05. The topological polar surface area (TPSA) is 44.5 Å². The third-order valence-corrected chi connectivity index (χ3v) is 2.23. The number of ether oxygens (including phenoxy) is 1. The van der Waals surface area contributed by atoms with Gasteiger partial charge in [-0.3, -0.25) is 0 Å². The minimum absolute atomic E-state index is 0.504. The molecule has 0 aliphatic heterocycles. The molecule has 3 nitrogen and oxygen atoms in total. The van der Waals surface area contributed by atoms with Gasteiger partial charge < -0.3 is 9.57 Å². The van der Waals surface area contributed by atoms with Gasteiger partial charge in [0.2, 0.25) is 0 Å². The van der Waals surface area contributed by atoms with E-state index in [0.29, 0.717) is 11.6 Å². The third-order valence-electron chi connectivity index (χ3n) is 1.91. The Kier molecular flexibility index (Phi) is 5.18. The predicted molar refractivity (Wildman–Crippen MR) is 61.8 cm³/mol. The SMILES string of the molecule is COc1ccc(/C=C/CCON)c(Cl)c1. The van der Waals surface area contributed by atoms with E-state index in [-0.39, 0.29) is 0 Å². The lowest BCUT2D eigenvalue weighted by Crippen LogP contribution is -1.98. The summed E-state index contributed by atoms with van der Waals surface area (Å²) in [5.74, 6) is 5.65. The summed E-state index contributed by atoms with van der Waals surface area (Å²) in [6.07, 6.45) is 4.65. The molecule has 0 saturated carbocycles. The molecule has 15 heavy (non-hydrogen) atoms. The van der Waals surface area contributed by atoms with Crippen molar-refractivity contribution in [2.75, 3.05) is 13.7 Å². The van der Waals surface area contributed by atoms with E-state index >= 15 is 0 Å². The van der Waals surface area contributed by atoms with E-state index in [9.17, 15) is 0 Å². The Bertz CT molecular complexity index is 339. The molecule has 0 atom stereocenters. The van der Waals surface area contributed by atoms with Gasteiger partial charge in [-0.05, 0) is 30.2 Å². The second kappa shape index (κ2) is 6.45. The zero-order chi connectivity index (χ0) is 11.1. The summed E-state index contributed by atoms with van der Waals surface area (Å²) in [4.78, 5) is 4.44. The molecule has 1 aromatic carbocycles. The van der Waals surface area contributed by atoms with E-state index in [1.165, 1.54) is 0 Å². The fourth-order valence-corrected chi connectivity index (χ4v) is 1.35. The molecule has 0 aliphatic carbocycles. The summed E-state index contributed by atoms with van der Waals surface area (Å²) in [6, 6.07) is 5.55. The maximum Gasteiger partial charge on any atom is 0.120 e. The van der Waals surface area contributed by atoms with Gasteiger partial charge in [-0.25, -0.2) is 5.90 Å². The number of hydrogen-bond donors (Lipinski definition) is 1. The van der Waals surface area contributed by atoms with E-state index < -0.39 is 0 Å². The Morgan fingerprint density at radius 2 is 2.27 bits per heavy atom. The summed E-state index contributed by atoms with van der Waals surface area (Å²) >= 11 is 6.03. The van der Waals surface area contributed by atoms with Gasteiger partial charge in [-0.15, -0.1) is 0 Å². The summed E-state index contributed by atoms with van der Waals surface area (Å²) in [5.41, 5.74) is 0.953. The smallest absolute Gasteiger partial charge is 0.120 e. The highest BCUT2D eigenvalue weighted by atomic mass is 35.5. The Balaban J connectivity index is 2.65. The van der Waals surface area contributed by atoms with Crippen molar-refractivity contribution in [1.82, 2.24) is 0 Å². The molecule has 4 heteroatoms. The molecule has 0 unspecified atom stereocenters. The number of halogens is 1. The predicted octanol–water partition coefficient (Wildman–Crippen LogP) is 2.64. The monoisotopic (exact) mass is 227 g/mol. The van der Waals surface area contributed by atoms with Crippen LogP contribution in [0.2, 0.25) is 5.02 Å². The van der Waals surface area contributed by atoms with Gasteiger partial charge in [0.25, 0.3) is 0 Å². The average molecular weight is 228 g/mol. The quantitative estimate of drug-likeness (QED) is 0.621. The van der Waals surface area contributed by atoms with Crippen LogP contribution < -0.4 is 10.6 Å². The van der Waals surface area contributed by atoms with Gasteiger partial charge in [0.1, 0.15) is 5.75 Å². The first kappa shape index (κ1) is 12.0. The summed E-state index contributed by atoms with van der Waals surface area (Å²) in [5, 5.41) is 0.666. The van der Waals surface area contributed by atoms with Crippen molar-refractivity contribution in [3.8, 4) is 5.75 Å². The lowest BCUT2D eigenvalue weighted by Gasteiger charge is -2.02. The minimum atomic E-state index is 0.504. The van der Waals surface area contributed by atoms with Gasteiger partial charge >= 0.3 is 0 Å². The maximum absolute atomic E-state index is 6.03. The molecule has 1 aromatic rings. The zero-order valence-electron chi connectivity index (χ0n) is 8.57. The third kappa shape index (κ3) is 3.91. The van der Waals surface area contributed by atoms with Crippen LogP contribution in [-0.2, 0) is 4.84 Å². The molecule has 0 radical (unpaired) electrons. The molecular formula is C11H14ClNO2. The van der Waals surface area contributed by atoms with Crippen molar-refractivity contribution in [2.24, 2.45) is 5.90 Å². The van der Waals surface area contributed by atoms with Gasteiger partial charge in [0.15, 0.2) is 0 Å². The van der Waals surface area contributed by atoms with Crippen LogP contribution in [0.4, 0.5) is 0 Å². The van der Waals surface area contributed by atoms with E-state index in [1.807, 2.05) is 24.3 Å². The van der Waals surface area contributed by atoms with Crippen LogP contribution in [0.1, 0.15) is 12.0 Å². The molecule has 82 valence electrons. The lowest BCUT2D eigenvalue weighted by atomic mass is 10.2. The van der Waals surface area contributed by atoms with E-state index in [0.717, 1.165) is 17.7 Å². The summed E-state index contributed by atoms with van der Waals surface area (Å²) in [6.45, 7) is 0.504. The first-order valence-corrected chi connectivity index (χ1v) is 4.97. The molecule has 2 N–H and O–H groups in total. The molecule has 0 amide bonds. The van der Waals surface area contributed by atoms with Crippen LogP contribution >= 0.6 is 11.6 Å². The number of methoxy groups -OCH3 is 1. The zero-order valence-corrected chi connectivity index (χ0v) is 9.33. The molecule has 0 aliphatic rings. The maximum atomic E-state index is 6.03. The van der Waals surface area contributed by atoms with Crippen LogP contribution in [0.3, 0.4) is 0 Å². The van der Waals surface area contributed by atoms with Crippen molar-refractivity contribution in [1.29, 1.82) is 0 Å². The van der Waals surface area contributed by atoms with Crippen molar-refractivity contribution in [2.45, 2.75) is 6.42 Å². The van der Waals surface area contributed by atoms with Crippen LogP contribution in [-0.4, -0.2) is 13.7 Å². The van der Waals surface area contributed by atoms with Crippen LogP contribution in [0.25, 0.3) is 6.08 Å². The first-order chi connectivity index (χ1) is 7.27. The van der Waals surface area contributed by atoms with Gasteiger partial charge in [-0.2, -0.15) is 0 Å². The molecule has 1 rings (SSSR count). The standard InChI is InChI=1S/C11H14ClNO2/c1-14-10-6-5-9(11(12)8-10)4-2-3-7-15-13/h2,4-6,8H,3,7,13H2,1H3/b4-2+. The highest BCUT2D eigenvalue weighted by Crippen LogP contribution is 2.23. The molecule has 0 heterocycles. The van der Waals surface area contributed by atoms with Crippen LogP contribution in [0.15, 0.2) is 24.3 Å². The number of hydrogen-bond acceptors (Lipinski definition) is 3. The second-order valence-electron chi connectivity index (χ2n) is 2.95. The fraction of sp³-hybridized carbons (Fsp3) is 0.273. The van der Waals surface area contributed by atoms with E-state index in [2.05, 4.69) is 4.84 Å². The fourth-order valence-electron chi connectivity index (χ4n) is 1.12. The number of benzene rings is 1. The Labute approximate surface area is 94.4 Å². The number of rotatable bonds is 5. The molecule has 0 saturated heterocycles. The lowest BCUT2D eigenvalue weighted by molar-refractivity contribution is 0.143. The van der Waals surface area contributed by atoms with Crippen molar-refractivity contribution >= 4 is 17.7 Å². The molecular weight excluding hydrogens is 214 g/mol. The second-order valence-corrected chi connectivity index (χ2v) is 3.36. The molecule has 0 bridgehead atoms. The normalized spacial score (nSPS) is 10.9. The molecule has 0 fully saturated rings. The Morgan fingerprint density at radius 3 is 2.87 bits per heavy atom. The van der Waals surface area contributed by atoms with Gasteiger partial charge in [0.05, 0.1) is 18.7 Å². The molecule has 0 aromatic heterocycles. The van der Waals surface area contributed by atoms with Crippen molar-refractivity contribution < 1.29 is 9.57 Å². The van der Waals surface area contributed by atoms with Crippen LogP contribution in [0, 0.1) is 0 Å². The Morgan fingerprint density at radius 1 is 1.47 bits per heavy atom. The van der Waals surface area contributed by atoms with Crippen LogP contribution in [0.5, 0.6) is 5.75 Å².